The van der Waals surface area contributed by atoms with E-state index in [2.05, 4.69) is 24.8 Å². The summed E-state index contributed by atoms with van der Waals surface area (Å²) in [6.07, 6.45) is 5.20. The van der Waals surface area contributed by atoms with Gasteiger partial charge in [0.1, 0.15) is 17.6 Å². The van der Waals surface area contributed by atoms with E-state index in [9.17, 15) is 13.2 Å². The van der Waals surface area contributed by atoms with Crippen LogP contribution in [0.25, 0.3) is 22.2 Å². The number of sulfonamides is 1. The second kappa shape index (κ2) is 9.94. The number of fused-ring (bicyclic) bond motifs is 1. The van der Waals surface area contributed by atoms with Crippen LogP contribution < -0.4 is 20.3 Å². The summed E-state index contributed by atoms with van der Waals surface area (Å²) in [5.74, 6) is 1.19. The highest BCUT2D eigenvalue weighted by Crippen LogP contribution is 2.36. The molecular weight excluding hydrogens is 494 g/mol. The van der Waals surface area contributed by atoms with Gasteiger partial charge in [-0.25, -0.2) is 22.8 Å². The third-order valence-corrected chi connectivity index (χ3v) is 8.20. The largest absolute Gasteiger partial charge is 0.473 e. The number of benzene rings is 1. The molecule has 0 unspecified atom stereocenters. The molecule has 3 heterocycles. The number of ether oxygens (including phenoxy) is 1. The van der Waals surface area contributed by atoms with Gasteiger partial charge in [-0.15, -0.1) is 5.10 Å². The fourth-order valence-corrected chi connectivity index (χ4v) is 5.42. The summed E-state index contributed by atoms with van der Waals surface area (Å²) >= 11 is 0. The van der Waals surface area contributed by atoms with Crippen molar-refractivity contribution < 1.29 is 13.2 Å². The van der Waals surface area contributed by atoms with Crippen molar-refractivity contribution >= 4 is 26.7 Å². The second-order valence-electron chi connectivity index (χ2n) is 9.04. The third kappa shape index (κ3) is 4.94. The molecule has 37 heavy (non-hydrogen) atoms. The van der Waals surface area contributed by atoms with Crippen LogP contribution in [0.3, 0.4) is 0 Å². The van der Waals surface area contributed by atoms with Gasteiger partial charge in [-0.1, -0.05) is 12.1 Å². The van der Waals surface area contributed by atoms with Crippen molar-refractivity contribution in [2.45, 2.75) is 42.7 Å². The Morgan fingerprint density at radius 2 is 1.73 bits per heavy atom. The zero-order valence-corrected chi connectivity index (χ0v) is 21.7. The molecule has 1 saturated carbocycles. The van der Waals surface area contributed by atoms with E-state index in [1.807, 2.05) is 13.1 Å². The van der Waals surface area contributed by atoms with Crippen LogP contribution in [0.2, 0.25) is 0 Å². The van der Waals surface area contributed by atoms with Crippen molar-refractivity contribution in [1.82, 2.24) is 29.3 Å². The average molecular weight is 524 g/mol. The minimum absolute atomic E-state index is 0.0127. The average Bonchev–Trinajstić information content (AvgIpc) is 3.30. The van der Waals surface area contributed by atoms with Gasteiger partial charge in [0.25, 0.3) is 5.56 Å². The van der Waals surface area contributed by atoms with E-state index in [1.54, 1.807) is 43.6 Å². The van der Waals surface area contributed by atoms with Gasteiger partial charge in [0, 0.05) is 49.4 Å². The van der Waals surface area contributed by atoms with Crippen molar-refractivity contribution in [1.29, 1.82) is 0 Å². The number of hydrogen-bond acceptors (Lipinski definition) is 8. The minimum atomic E-state index is -3.52. The SMILES string of the molecule is CNc1cc2c(cn1)c(-c1ccc(S(=O)(=O)NC)cc1)nn2C1CCC(Oc2ccc(=O)n(C)n2)CC1. The molecule has 5 rings (SSSR count). The van der Waals surface area contributed by atoms with Gasteiger partial charge in [0.2, 0.25) is 15.9 Å². The van der Waals surface area contributed by atoms with E-state index in [1.165, 1.54) is 17.8 Å². The van der Waals surface area contributed by atoms with Gasteiger partial charge >= 0.3 is 0 Å². The predicted octanol–water partition coefficient (Wildman–Crippen LogP) is 2.70. The molecule has 0 bridgehead atoms. The summed E-state index contributed by atoms with van der Waals surface area (Å²) in [4.78, 5) is 16.3. The number of aryl methyl sites for hydroxylation is 1. The summed E-state index contributed by atoms with van der Waals surface area (Å²) in [5.41, 5.74) is 2.36. The summed E-state index contributed by atoms with van der Waals surface area (Å²) in [6.45, 7) is 0. The van der Waals surface area contributed by atoms with Crippen LogP contribution >= 0.6 is 0 Å². The van der Waals surface area contributed by atoms with Crippen molar-refractivity contribution in [2.75, 3.05) is 19.4 Å². The lowest BCUT2D eigenvalue weighted by Crippen LogP contribution is -2.27. The Morgan fingerprint density at radius 1 is 1.00 bits per heavy atom. The monoisotopic (exact) mass is 523 g/mol. The fourth-order valence-electron chi connectivity index (χ4n) is 4.69. The van der Waals surface area contributed by atoms with Crippen LogP contribution in [0.15, 0.2) is 58.4 Å². The first-order valence-corrected chi connectivity index (χ1v) is 13.6. The van der Waals surface area contributed by atoms with Crippen molar-refractivity contribution in [3.8, 4) is 17.1 Å². The Hall–Kier alpha value is -3.77. The quantitative estimate of drug-likeness (QED) is 0.378. The number of pyridine rings is 1. The number of hydrogen-bond donors (Lipinski definition) is 2. The first-order valence-electron chi connectivity index (χ1n) is 12.1. The molecule has 1 aliphatic rings. The van der Waals surface area contributed by atoms with Gasteiger partial charge < -0.3 is 10.1 Å². The number of nitrogens with zero attached hydrogens (tertiary/aromatic N) is 5. The Labute approximate surface area is 214 Å². The van der Waals surface area contributed by atoms with E-state index < -0.39 is 10.0 Å². The maximum atomic E-state index is 12.1. The molecule has 0 radical (unpaired) electrons. The standard InChI is InChI=1S/C25H29N7O4S/c1-26-22-14-21-20(15-28-22)25(16-4-10-19(11-5-16)37(34,35)27-2)30-32(21)17-6-8-18(9-7-17)36-23-12-13-24(33)31(3)29-23/h4-5,10-15,17-18,27H,6-9H2,1-3H3,(H,26,28). The molecule has 0 saturated heterocycles. The van der Waals surface area contributed by atoms with Gasteiger partial charge in [-0.2, -0.15) is 5.10 Å². The molecule has 2 N–H and O–H groups in total. The predicted molar refractivity (Wildman–Crippen MR) is 140 cm³/mol. The van der Waals surface area contributed by atoms with E-state index >= 15 is 0 Å². The van der Waals surface area contributed by atoms with E-state index in [4.69, 9.17) is 9.84 Å². The highest BCUT2D eigenvalue weighted by molar-refractivity contribution is 7.89. The zero-order valence-electron chi connectivity index (χ0n) is 20.9. The molecule has 3 aromatic heterocycles. The lowest BCUT2D eigenvalue weighted by atomic mass is 9.93. The summed E-state index contributed by atoms with van der Waals surface area (Å²) in [7, 11) is 1.30. The molecule has 0 amide bonds. The molecule has 11 nitrogen and oxygen atoms in total. The first kappa shape index (κ1) is 24.9. The number of rotatable bonds is 7. The highest BCUT2D eigenvalue weighted by atomic mass is 32.2. The molecule has 4 aromatic rings. The summed E-state index contributed by atoms with van der Waals surface area (Å²) < 4.78 is 36.0. The zero-order chi connectivity index (χ0) is 26.2. The number of anilines is 1. The Kier molecular flexibility index (Phi) is 6.69. The molecule has 0 spiro atoms. The van der Waals surface area contributed by atoms with Crippen LogP contribution in [0, 0.1) is 0 Å². The third-order valence-electron chi connectivity index (χ3n) is 6.77. The normalized spacial score (nSPS) is 18.1. The van der Waals surface area contributed by atoms with Crippen LogP contribution in [0.5, 0.6) is 5.88 Å². The molecule has 1 fully saturated rings. The van der Waals surface area contributed by atoms with Crippen LogP contribution in [-0.2, 0) is 17.1 Å². The first-order chi connectivity index (χ1) is 17.8. The van der Waals surface area contributed by atoms with Gasteiger partial charge in [0.15, 0.2) is 0 Å². The second-order valence-corrected chi connectivity index (χ2v) is 10.9. The maximum Gasteiger partial charge on any atom is 0.266 e. The van der Waals surface area contributed by atoms with E-state index in [-0.39, 0.29) is 22.6 Å². The highest BCUT2D eigenvalue weighted by Gasteiger charge is 2.27. The van der Waals surface area contributed by atoms with Crippen molar-refractivity contribution in [3.63, 3.8) is 0 Å². The molecule has 0 aliphatic heterocycles. The fraction of sp³-hybridized carbons (Fsp3) is 0.360. The van der Waals surface area contributed by atoms with E-state index in [0.29, 0.717) is 5.88 Å². The van der Waals surface area contributed by atoms with Gasteiger partial charge in [-0.3, -0.25) is 9.48 Å². The Balaban J connectivity index is 1.42. The van der Waals surface area contributed by atoms with Crippen LogP contribution in [0.4, 0.5) is 5.82 Å². The molecular formula is C25H29N7O4S. The lowest BCUT2D eigenvalue weighted by Gasteiger charge is -2.29. The molecule has 0 atom stereocenters. The topological polar surface area (TPSA) is 133 Å². The number of nitrogens with one attached hydrogen (secondary N) is 2. The van der Waals surface area contributed by atoms with Crippen molar-refractivity contribution in [3.05, 3.63) is 59.0 Å². The van der Waals surface area contributed by atoms with Gasteiger partial charge in [-0.05, 0) is 44.9 Å². The maximum absolute atomic E-state index is 12.1. The smallest absolute Gasteiger partial charge is 0.266 e. The molecule has 1 aromatic carbocycles. The molecule has 194 valence electrons. The van der Waals surface area contributed by atoms with Crippen LogP contribution in [0.1, 0.15) is 31.7 Å². The summed E-state index contributed by atoms with van der Waals surface area (Å²) in [5, 5.41) is 13.2. The molecule has 12 heteroatoms. The number of aromatic nitrogens is 5. The summed E-state index contributed by atoms with van der Waals surface area (Å²) in [6, 6.07) is 11.9. The Morgan fingerprint density at radius 3 is 2.38 bits per heavy atom. The Bertz CT molecular complexity index is 1590. The van der Waals surface area contributed by atoms with Crippen molar-refractivity contribution in [2.24, 2.45) is 7.05 Å². The van der Waals surface area contributed by atoms with Gasteiger partial charge in [0.05, 0.1) is 16.5 Å². The van der Waals surface area contributed by atoms with E-state index in [0.717, 1.165) is 53.7 Å². The minimum Gasteiger partial charge on any atom is -0.473 e. The molecule has 1 aliphatic carbocycles. The van der Waals surface area contributed by atoms with Crippen LogP contribution in [-0.4, -0.2) is 53.2 Å². The lowest BCUT2D eigenvalue weighted by molar-refractivity contribution is 0.123.